The van der Waals surface area contributed by atoms with Gasteiger partial charge in [0.1, 0.15) is 10.7 Å². The third kappa shape index (κ3) is 3.25. The van der Waals surface area contributed by atoms with Gasteiger partial charge in [-0.25, -0.2) is 18.1 Å². The zero-order valence-electron chi connectivity index (χ0n) is 11.4. The highest BCUT2D eigenvalue weighted by Gasteiger charge is 2.42. The van der Waals surface area contributed by atoms with E-state index in [0.29, 0.717) is 12.4 Å². The summed E-state index contributed by atoms with van der Waals surface area (Å²) in [6.45, 7) is 2.66. The molecule has 6 heteroatoms. The monoisotopic (exact) mass is 283 g/mol. The van der Waals surface area contributed by atoms with Gasteiger partial charge in [0.25, 0.3) is 0 Å². The summed E-state index contributed by atoms with van der Waals surface area (Å²) in [4.78, 5) is 4.24. The molecule has 1 saturated carbocycles. The molecule has 0 spiro atoms. The normalized spacial score (nSPS) is 17.2. The van der Waals surface area contributed by atoms with Gasteiger partial charge >= 0.3 is 0 Å². The Morgan fingerprint density at radius 3 is 2.74 bits per heavy atom. The van der Waals surface area contributed by atoms with E-state index in [1.807, 2.05) is 0 Å². The van der Waals surface area contributed by atoms with Gasteiger partial charge in [-0.2, -0.15) is 0 Å². The van der Waals surface area contributed by atoms with Crippen LogP contribution in [0, 0.1) is 5.41 Å². The number of pyridine rings is 1. The lowest BCUT2D eigenvalue weighted by molar-refractivity contribution is 0.449. The van der Waals surface area contributed by atoms with Gasteiger partial charge in [-0.05, 0) is 36.8 Å². The topological polar surface area (TPSA) is 71.1 Å². The van der Waals surface area contributed by atoms with Crippen LogP contribution in [0.1, 0.15) is 32.6 Å². The number of sulfonamides is 1. The molecule has 0 amide bonds. The number of aromatic nitrogens is 1. The van der Waals surface area contributed by atoms with Gasteiger partial charge in [0.05, 0.1) is 0 Å². The number of rotatable bonds is 7. The van der Waals surface area contributed by atoms with Crippen LogP contribution in [0.4, 0.5) is 5.82 Å². The fourth-order valence-corrected chi connectivity index (χ4v) is 3.66. The fraction of sp³-hybridized carbons (Fsp3) is 0.615. The molecule has 19 heavy (non-hydrogen) atoms. The molecule has 1 aliphatic carbocycles. The van der Waals surface area contributed by atoms with E-state index >= 15 is 0 Å². The molecule has 5 nitrogen and oxygen atoms in total. The van der Waals surface area contributed by atoms with E-state index in [1.54, 1.807) is 25.4 Å². The Morgan fingerprint density at radius 2 is 2.16 bits per heavy atom. The number of nitrogens with zero attached hydrogens (tertiary/aromatic N) is 1. The predicted molar refractivity (Wildman–Crippen MR) is 75.5 cm³/mol. The van der Waals surface area contributed by atoms with E-state index in [-0.39, 0.29) is 10.3 Å². The molecule has 0 saturated heterocycles. The van der Waals surface area contributed by atoms with E-state index in [0.717, 1.165) is 25.7 Å². The Kier molecular flexibility index (Phi) is 4.10. The Labute approximate surface area is 114 Å². The van der Waals surface area contributed by atoms with E-state index in [9.17, 15) is 8.42 Å². The zero-order chi connectivity index (χ0) is 13.9. The van der Waals surface area contributed by atoms with Crippen LogP contribution in [0.15, 0.2) is 23.2 Å². The third-order valence-electron chi connectivity index (χ3n) is 3.67. The van der Waals surface area contributed by atoms with E-state index in [4.69, 9.17) is 0 Å². The van der Waals surface area contributed by atoms with Crippen molar-refractivity contribution < 1.29 is 8.42 Å². The smallest absolute Gasteiger partial charge is 0.244 e. The van der Waals surface area contributed by atoms with Crippen LogP contribution in [0.25, 0.3) is 0 Å². The molecule has 2 rings (SSSR count). The van der Waals surface area contributed by atoms with Gasteiger partial charge in [-0.1, -0.05) is 13.3 Å². The van der Waals surface area contributed by atoms with Gasteiger partial charge in [0.15, 0.2) is 0 Å². The number of anilines is 1. The van der Waals surface area contributed by atoms with Crippen molar-refractivity contribution in [3.63, 3.8) is 0 Å². The number of hydrogen-bond acceptors (Lipinski definition) is 4. The van der Waals surface area contributed by atoms with Gasteiger partial charge in [0.2, 0.25) is 10.0 Å². The molecule has 1 fully saturated rings. The van der Waals surface area contributed by atoms with Crippen molar-refractivity contribution in [3.05, 3.63) is 18.3 Å². The molecule has 0 aliphatic heterocycles. The first-order valence-corrected chi connectivity index (χ1v) is 8.14. The van der Waals surface area contributed by atoms with Crippen molar-refractivity contribution in [3.8, 4) is 0 Å². The Balaban J connectivity index is 2.10. The summed E-state index contributed by atoms with van der Waals surface area (Å²) >= 11 is 0. The molecular formula is C13H21N3O2S. The summed E-state index contributed by atoms with van der Waals surface area (Å²) in [6, 6.07) is 3.20. The van der Waals surface area contributed by atoms with Crippen LogP contribution in [0.3, 0.4) is 0 Å². The van der Waals surface area contributed by atoms with Crippen molar-refractivity contribution in [2.24, 2.45) is 5.41 Å². The maximum Gasteiger partial charge on any atom is 0.244 e. The Morgan fingerprint density at radius 1 is 1.42 bits per heavy atom. The maximum absolute atomic E-state index is 12.3. The standard InChI is InChI=1S/C13H21N3O2S/c1-3-6-13(7-8-13)10-16-19(17,18)11-5-4-9-15-12(11)14-2/h4-5,9,16H,3,6-8,10H2,1-2H3,(H,14,15). The van der Waals surface area contributed by atoms with Crippen LogP contribution < -0.4 is 10.0 Å². The van der Waals surface area contributed by atoms with Crippen molar-refractivity contribution in [1.82, 2.24) is 9.71 Å². The van der Waals surface area contributed by atoms with E-state index in [1.165, 1.54) is 0 Å². The summed E-state index contributed by atoms with van der Waals surface area (Å²) in [5.74, 6) is 0.385. The molecule has 1 aliphatic rings. The average molecular weight is 283 g/mol. The SMILES string of the molecule is CCCC1(CNS(=O)(=O)c2cccnc2NC)CC1. The maximum atomic E-state index is 12.3. The molecular weight excluding hydrogens is 262 g/mol. The van der Waals surface area contributed by atoms with Crippen LogP contribution in [0.2, 0.25) is 0 Å². The summed E-state index contributed by atoms with van der Waals surface area (Å²) in [5, 5.41) is 2.81. The quantitative estimate of drug-likeness (QED) is 0.802. The molecule has 1 aromatic rings. The van der Waals surface area contributed by atoms with Crippen LogP contribution in [0.5, 0.6) is 0 Å². The Hall–Kier alpha value is -1.14. The average Bonchev–Trinajstić information content (AvgIpc) is 3.17. The molecule has 2 N–H and O–H groups in total. The predicted octanol–water partition coefficient (Wildman–Crippen LogP) is 1.98. The lowest BCUT2D eigenvalue weighted by atomic mass is 10.0. The zero-order valence-corrected chi connectivity index (χ0v) is 12.3. The molecule has 1 heterocycles. The molecule has 0 atom stereocenters. The first-order chi connectivity index (χ1) is 9.03. The molecule has 1 aromatic heterocycles. The summed E-state index contributed by atoms with van der Waals surface area (Å²) in [7, 11) is -1.82. The molecule has 0 radical (unpaired) electrons. The highest BCUT2D eigenvalue weighted by Crippen LogP contribution is 2.49. The highest BCUT2D eigenvalue weighted by molar-refractivity contribution is 7.89. The minimum atomic E-state index is -3.49. The van der Waals surface area contributed by atoms with Gasteiger partial charge in [-0.15, -0.1) is 0 Å². The molecule has 0 unspecified atom stereocenters. The first kappa shape index (κ1) is 14.3. The van der Waals surface area contributed by atoms with Gasteiger partial charge in [-0.3, -0.25) is 0 Å². The van der Waals surface area contributed by atoms with Crippen LogP contribution in [-0.4, -0.2) is 27.0 Å². The van der Waals surface area contributed by atoms with Crippen molar-refractivity contribution >= 4 is 15.8 Å². The fourth-order valence-electron chi connectivity index (χ4n) is 2.34. The first-order valence-electron chi connectivity index (χ1n) is 6.65. The summed E-state index contributed by atoms with van der Waals surface area (Å²) in [5.41, 5.74) is 0.198. The van der Waals surface area contributed by atoms with E-state index < -0.39 is 10.0 Å². The van der Waals surface area contributed by atoms with Crippen LogP contribution >= 0.6 is 0 Å². The van der Waals surface area contributed by atoms with Crippen molar-refractivity contribution in [1.29, 1.82) is 0 Å². The lowest BCUT2D eigenvalue weighted by Crippen LogP contribution is -2.30. The largest absolute Gasteiger partial charge is 0.372 e. The summed E-state index contributed by atoms with van der Waals surface area (Å²) in [6.07, 6.45) is 5.99. The summed E-state index contributed by atoms with van der Waals surface area (Å²) < 4.78 is 27.3. The molecule has 106 valence electrons. The van der Waals surface area contributed by atoms with Gasteiger partial charge < -0.3 is 5.32 Å². The minimum Gasteiger partial charge on any atom is -0.372 e. The highest BCUT2D eigenvalue weighted by atomic mass is 32.2. The Bertz CT molecular complexity index is 539. The minimum absolute atomic E-state index is 0.198. The van der Waals surface area contributed by atoms with Crippen LogP contribution in [-0.2, 0) is 10.0 Å². The lowest BCUT2D eigenvalue weighted by Gasteiger charge is -2.16. The second-order valence-electron chi connectivity index (χ2n) is 5.17. The molecule has 0 aromatic carbocycles. The number of nitrogens with one attached hydrogen (secondary N) is 2. The van der Waals surface area contributed by atoms with Crippen molar-refractivity contribution in [2.75, 3.05) is 18.9 Å². The van der Waals surface area contributed by atoms with Crippen molar-refractivity contribution in [2.45, 2.75) is 37.5 Å². The van der Waals surface area contributed by atoms with Gasteiger partial charge in [0, 0.05) is 19.8 Å². The van der Waals surface area contributed by atoms with E-state index in [2.05, 4.69) is 21.9 Å². The second-order valence-corrected chi connectivity index (χ2v) is 6.91. The third-order valence-corrected chi connectivity index (χ3v) is 5.10. The molecule has 0 bridgehead atoms. The second kappa shape index (κ2) is 5.46. The number of hydrogen-bond donors (Lipinski definition) is 2.